The molecule has 1 fully saturated rings. The third-order valence-electron chi connectivity index (χ3n) is 6.46. The zero-order chi connectivity index (χ0) is 25.8. The highest BCUT2D eigenvalue weighted by Crippen LogP contribution is 2.21. The second kappa shape index (κ2) is 14.2. The average Bonchev–Trinajstić information content (AvgIpc) is 2.83. The van der Waals surface area contributed by atoms with Gasteiger partial charge in [0.05, 0.1) is 6.61 Å². The van der Waals surface area contributed by atoms with Gasteiger partial charge in [0.25, 0.3) is 0 Å². The van der Waals surface area contributed by atoms with E-state index >= 15 is 0 Å². The van der Waals surface area contributed by atoms with Crippen LogP contribution in [0.3, 0.4) is 0 Å². The standard InChI is InChI=1S/C28H45N3O4/c1-6-7-8-19-35-24-11-9-22(10-12-24)25(32)13-14-26(33)31-17-15-23(16-18-31)27(34)29-20-28(2,3)21-30(4)5/h9-12,23H,6-8,13-21H2,1-5H3,(H,29,34). The van der Waals surface area contributed by atoms with Gasteiger partial charge in [-0.1, -0.05) is 33.6 Å². The molecule has 0 bridgehead atoms. The lowest BCUT2D eigenvalue weighted by atomic mass is 9.91. The molecule has 1 N–H and O–H groups in total. The van der Waals surface area contributed by atoms with Gasteiger partial charge in [0.2, 0.25) is 11.8 Å². The van der Waals surface area contributed by atoms with Crippen LogP contribution in [-0.4, -0.2) is 74.3 Å². The first-order valence-electron chi connectivity index (χ1n) is 13.1. The molecule has 1 saturated heterocycles. The predicted octanol–water partition coefficient (Wildman–Crippen LogP) is 4.16. The van der Waals surface area contributed by atoms with E-state index in [4.69, 9.17) is 4.74 Å². The molecular formula is C28H45N3O4. The number of carbonyl (C=O) groups is 3. The number of benzene rings is 1. The van der Waals surface area contributed by atoms with Crippen LogP contribution in [0, 0.1) is 11.3 Å². The Labute approximate surface area is 211 Å². The summed E-state index contributed by atoms with van der Waals surface area (Å²) >= 11 is 0. The summed E-state index contributed by atoms with van der Waals surface area (Å²) in [5.74, 6) is 0.739. The minimum absolute atomic E-state index is 0.00431. The maximum absolute atomic E-state index is 12.6. The Morgan fingerprint density at radius 3 is 2.31 bits per heavy atom. The van der Waals surface area contributed by atoms with Gasteiger partial charge in [-0.3, -0.25) is 14.4 Å². The normalized spacial score (nSPS) is 14.7. The minimum Gasteiger partial charge on any atom is -0.494 e. The highest BCUT2D eigenvalue weighted by molar-refractivity contribution is 5.98. The Balaban J connectivity index is 1.70. The first-order valence-corrected chi connectivity index (χ1v) is 13.1. The van der Waals surface area contributed by atoms with Gasteiger partial charge < -0.3 is 19.9 Å². The van der Waals surface area contributed by atoms with Gasteiger partial charge in [-0.05, 0) is 63.0 Å². The number of amides is 2. The van der Waals surface area contributed by atoms with Crippen molar-refractivity contribution in [2.24, 2.45) is 11.3 Å². The summed E-state index contributed by atoms with van der Waals surface area (Å²) in [5.41, 5.74) is 0.607. The van der Waals surface area contributed by atoms with Crippen LogP contribution in [-0.2, 0) is 9.59 Å². The molecule has 196 valence electrons. The molecule has 0 radical (unpaired) electrons. The molecule has 0 unspecified atom stereocenters. The van der Waals surface area contributed by atoms with Crippen LogP contribution in [0.15, 0.2) is 24.3 Å². The number of hydrogen-bond acceptors (Lipinski definition) is 5. The molecule has 0 spiro atoms. The van der Waals surface area contributed by atoms with E-state index in [-0.39, 0.29) is 41.8 Å². The first kappa shape index (κ1) is 28.8. The molecule has 1 heterocycles. The second-order valence-electron chi connectivity index (χ2n) is 10.8. The number of unbranched alkanes of at least 4 members (excludes halogenated alkanes) is 2. The molecule has 7 heteroatoms. The summed E-state index contributed by atoms with van der Waals surface area (Å²) in [6.07, 6.45) is 5.04. The summed E-state index contributed by atoms with van der Waals surface area (Å²) < 4.78 is 5.69. The number of piperidine rings is 1. The Kier molecular flexibility index (Phi) is 11.7. The maximum atomic E-state index is 12.6. The van der Waals surface area contributed by atoms with Gasteiger partial charge >= 0.3 is 0 Å². The fourth-order valence-electron chi connectivity index (χ4n) is 4.58. The van der Waals surface area contributed by atoms with Crippen LogP contribution < -0.4 is 10.1 Å². The van der Waals surface area contributed by atoms with Crippen LogP contribution in [0.1, 0.15) is 76.1 Å². The second-order valence-corrected chi connectivity index (χ2v) is 10.8. The molecule has 0 aromatic heterocycles. The zero-order valence-electron chi connectivity index (χ0n) is 22.4. The zero-order valence-corrected chi connectivity index (χ0v) is 22.4. The maximum Gasteiger partial charge on any atom is 0.223 e. The summed E-state index contributed by atoms with van der Waals surface area (Å²) in [4.78, 5) is 41.7. The topological polar surface area (TPSA) is 79.0 Å². The lowest BCUT2D eigenvalue weighted by Crippen LogP contribution is -2.46. The first-order chi connectivity index (χ1) is 16.6. The van der Waals surface area contributed by atoms with Crippen LogP contribution in [0.25, 0.3) is 0 Å². The van der Waals surface area contributed by atoms with Crippen LogP contribution in [0.2, 0.25) is 0 Å². The number of ketones is 1. The van der Waals surface area contributed by atoms with E-state index in [9.17, 15) is 14.4 Å². The molecule has 2 rings (SSSR count). The Hall–Kier alpha value is -2.41. The van der Waals surface area contributed by atoms with E-state index in [1.807, 2.05) is 26.2 Å². The number of rotatable bonds is 14. The monoisotopic (exact) mass is 487 g/mol. The molecular weight excluding hydrogens is 442 g/mol. The number of nitrogens with zero attached hydrogens (tertiary/aromatic N) is 2. The van der Waals surface area contributed by atoms with E-state index in [1.165, 1.54) is 0 Å². The minimum atomic E-state index is -0.0569. The Morgan fingerprint density at radius 2 is 1.71 bits per heavy atom. The Bertz CT molecular complexity index is 812. The molecule has 0 saturated carbocycles. The van der Waals surface area contributed by atoms with E-state index < -0.39 is 0 Å². The van der Waals surface area contributed by atoms with E-state index in [1.54, 1.807) is 17.0 Å². The third kappa shape index (κ3) is 10.4. The van der Waals surface area contributed by atoms with Gasteiger partial charge in [-0.25, -0.2) is 0 Å². The third-order valence-corrected chi connectivity index (χ3v) is 6.46. The number of carbonyl (C=O) groups excluding carboxylic acids is 3. The smallest absolute Gasteiger partial charge is 0.223 e. The molecule has 35 heavy (non-hydrogen) atoms. The average molecular weight is 488 g/mol. The van der Waals surface area contributed by atoms with E-state index in [0.29, 0.717) is 44.6 Å². The lowest BCUT2D eigenvalue weighted by Gasteiger charge is -2.33. The van der Waals surface area contributed by atoms with Crippen LogP contribution >= 0.6 is 0 Å². The van der Waals surface area contributed by atoms with Gasteiger partial charge in [0.15, 0.2) is 5.78 Å². The fraction of sp³-hybridized carbons (Fsp3) is 0.679. The molecule has 1 aromatic rings. The van der Waals surface area contributed by atoms with Crippen molar-refractivity contribution < 1.29 is 19.1 Å². The van der Waals surface area contributed by atoms with Gasteiger partial charge in [0, 0.05) is 50.5 Å². The summed E-state index contributed by atoms with van der Waals surface area (Å²) in [6, 6.07) is 7.18. The van der Waals surface area contributed by atoms with Gasteiger partial charge in [0.1, 0.15) is 5.75 Å². The molecule has 0 atom stereocenters. The van der Waals surface area contributed by atoms with Gasteiger partial charge in [-0.15, -0.1) is 0 Å². The van der Waals surface area contributed by atoms with Crippen molar-refractivity contribution in [3.05, 3.63) is 29.8 Å². The SMILES string of the molecule is CCCCCOc1ccc(C(=O)CCC(=O)N2CCC(C(=O)NCC(C)(C)CN(C)C)CC2)cc1. The van der Waals surface area contributed by atoms with Crippen molar-refractivity contribution in [2.45, 2.75) is 65.7 Å². The highest BCUT2D eigenvalue weighted by Gasteiger charge is 2.29. The number of ether oxygens (including phenoxy) is 1. The molecule has 2 amide bonds. The van der Waals surface area contributed by atoms with Gasteiger partial charge in [-0.2, -0.15) is 0 Å². The Morgan fingerprint density at radius 1 is 1.06 bits per heavy atom. The molecule has 1 aliphatic rings. The van der Waals surface area contributed by atoms with Crippen LogP contribution in [0.5, 0.6) is 5.75 Å². The molecule has 1 aliphatic heterocycles. The van der Waals surface area contributed by atoms with Crippen molar-refractivity contribution >= 4 is 17.6 Å². The number of hydrogen-bond donors (Lipinski definition) is 1. The molecule has 0 aliphatic carbocycles. The summed E-state index contributed by atoms with van der Waals surface area (Å²) in [5, 5.41) is 3.10. The molecule has 1 aromatic carbocycles. The van der Waals surface area contributed by atoms with E-state index in [2.05, 4.69) is 31.0 Å². The molecule has 7 nitrogen and oxygen atoms in total. The largest absolute Gasteiger partial charge is 0.494 e. The number of Topliss-reactive ketones (excluding diaryl/α,β-unsaturated/α-hetero) is 1. The van der Waals surface area contributed by atoms with E-state index in [0.717, 1.165) is 31.6 Å². The van der Waals surface area contributed by atoms with Crippen molar-refractivity contribution in [3.63, 3.8) is 0 Å². The summed E-state index contributed by atoms with van der Waals surface area (Å²) in [6.45, 7) is 9.79. The fourth-order valence-corrected chi connectivity index (χ4v) is 4.58. The van der Waals surface area contributed by atoms with Crippen molar-refractivity contribution in [1.29, 1.82) is 0 Å². The predicted molar refractivity (Wildman–Crippen MR) is 140 cm³/mol. The van der Waals surface area contributed by atoms with Crippen molar-refractivity contribution in [2.75, 3.05) is 46.9 Å². The highest BCUT2D eigenvalue weighted by atomic mass is 16.5. The summed E-state index contributed by atoms with van der Waals surface area (Å²) in [7, 11) is 4.07. The lowest BCUT2D eigenvalue weighted by molar-refractivity contribution is -0.135. The number of nitrogens with one attached hydrogen (secondary N) is 1. The van der Waals surface area contributed by atoms with Crippen molar-refractivity contribution in [1.82, 2.24) is 15.1 Å². The quantitative estimate of drug-likeness (QED) is 0.315. The van der Waals surface area contributed by atoms with Crippen LogP contribution in [0.4, 0.5) is 0 Å². The number of likely N-dealkylation sites (tertiary alicyclic amines) is 1. The van der Waals surface area contributed by atoms with Crippen molar-refractivity contribution in [3.8, 4) is 5.75 Å².